The van der Waals surface area contributed by atoms with Gasteiger partial charge in [-0.05, 0) is 43.3 Å². The van der Waals surface area contributed by atoms with Crippen molar-refractivity contribution in [1.29, 1.82) is 0 Å². The number of ether oxygens (including phenoxy) is 1. The number of carbonyl (C=O) groups excluding carboxylic acids is 3. The number of thioether (sulfide) groups is 1. The smallest absolute Gasteiger partial charge is 0.326 e. The number of carbonyl (C=O) groups is 3. The molecular formula is C14H16N2O4S. The van der Waals surface area contributed by atoms with Crippen LogP contribution in [0.4, 0.5) is 4.79 Å². The second kappa shape index (κ2) is 6.62. The van der Waals surface area contributed by atoms with Gasteiger partial charge in [-0.1, -0.05) is 6.92 Å². The third-order valence-corrected chi connectivity index (χ3v) is 3.88. The number of esters is 1. The molecule has 0 radical (unpaired) electrons. The van der Waals surface area contributed by atoms with Crippen LogP contribution in [0, 0.1) is 0 Å². The maximum absolute atomic E-state index is 12.1. The number of nitrogens with one attached hydrogen (secondary N) is 1. The van der Waals surface area contributed by atoms with Crippen molar-refractivity contribution in [2.75, 3.05) is 6.54 Å². The summed E-state index contributed by atoms with van der Waals surface area (Å²) in [7, 11) is 0. The Labute approximate surface area is 126 Å². The third kappa shape index (κ3) is 3.75. The highest BCUT2D eigenvalue weighted by Gasteiger charge is 2.36. The summed E-state index contributed by atoms with van der Waals surface area (Å²) in [6, 6.07) is 3.57. The number of amides is 2. The van der Waals surface area contributed by atoms with Gasteiger partial charge in [-0.2, -0.15) is 0 Å². The van der Waals surface area contributed by atoms with E-state index >= 15 is 0 Å². The van der Waals surface area contributed by atoms with Gasteiger partial charge in [0.25, 0.3) is 11.1 Å². The van der Waals surface area contributed by atoms with E-state index < -0.39 is 17.1 Å². The van der Waals surface area contributed by atoms with Gasteiger partial charge in [-0.25, -0.2) is 0 Å². The molecule has 0 bridgehead atoms. The first-order valence-corrected chi connectivity index (χ1v) is 7.41. The molecule has 2 heterocycles. The molecule has 21 heavy (non-hydrogen) atoms. The van der Waals surface area contributed by atoms with Crippen LogP contribution >= 0.6 is 11.8 Å². The van der Waals surface area contributed by atoms with E-state index in [2.05, 4.69) is 4.98 Å². The molecular weight excluding hydrogens is 292 g/mol. The zero-order valence-electron chi connectivity index (χ0n) is 11.8. The van der Waals surface area contributed by atoms with E-state index in [4.69, 9.17) is 4.74 Å². The van der Waals surface area contributed by atoms with Crippen LogP contribution in [0.3, 0.4) is 0 Å². The summed E-state index contributed by atoms with van der Waals surface area (Å²) in [5, 5.41) is -0.459. The summed E-state index contributed by atoms with van der Waals surface area (Å²) >= 11 is 0.817. The van der Waals surface area contributed by atoms with Crippen molar-refractivity contribution < 1.29 is 19.1 Å². The molecule has 0 aliphatic carbocycles. The standard InChI is InChI=1S/C14H16N2O4S/c1-3-9(2)20-12(17)8-16-13(18)11(21-14(16)19)7-10-5-4-6-15-10/h4-7,9,15H,3,8H2,1-2H3/b11-7+/t9-/m1/s1. The molecule has 1 saturated heterocycles. The molecule has 1 aromatic rings. The number of hydrogen-bond donors (Lipinski definition) is 1. The van der Waals surface area contributed by atoms with Crippen LogP contribution in [-0.4, -0.2) is 39.6 Å². The predicted molar refractivity (Wildman–Crippen MR) is 79.3 cm³/mol. The van der Waals surface area contributed by atoms with Crippen molar-refractivity contribution in [3.8, 4) is 0 Å². The Morgan fingerprint density at radius 3 is 2.90 bits per heavy atom. The third-order valence-electron chi connectivity index (χ3n) is 2.98. The summed E-state index contributed by atoms with van der Waals surface area (Å²) < 4.78 is 5.08. The number of aromatic nitrogens is 1. The molecule has 1 atom stereocenters. The van der Waals surface area contributed by atoms with Gasteiger partial charge in [0.1, 0.15) is 6.54 Å². The van der Waals surface area contributed by atoms with Gasteiger partial charge in [0.05, 0.1) is 11.0 Å². The fraction of sp³-hybridized carbons (Fsp3) is 0.357. The Morgan fingerprint density at radius 1 is 1.52 bits per heavy atom. The molecule has 7 heteroatoms. The first kappa shape index (κ1) is 15.4. The molecule has 0 unspecified atom stereocenters. The average Bonchev–Trinajstić information content (AvgIpc) is 3.03. The highest BCUT2D eigenvalue weighted by atomic mass is 32.2. The summed E-state index contributed by atoms with van der Waals surface area (Å²) in [5.74, 6) is -1.05. The fourth-order valence-corrected chi connectivity index (χ4v) is 2.51. The first-order valence-electron chi connectivity index (χ1n) is 6.59. The van der Waals surface area contributed by atoms with Gasteiger partial charge in [0.15, 0.2) is 0 Å². The number of hydrogen-bond acceptors (Lipinski definition) is 5. The minimum atomic E-state index is -0.576. The molecule has 1 aliphatic rings. The Balaban J connectivity index is 2.03. The molecule has 2 rings (SSSR count). The molecule has 112 valence electrons. The lowest BCUT2D eigenvalue weighted by atomic mass is 10.3. The Bertz CT molecular complexity index is 580. The molecule has 1 aromatic heterocycles. The van der Waals surface area contributed by atoms with Crippen molar-refractivity contribution in [3.63, 3.8) is 0 Å². The monoisotopic (exact) mass is 308 g/mol. The lowest BCUT2D eigenvalue weighted by Crippen LogP contribution is -2.35. The Hall–Kier alpha value is -2.02. The molecule has 0 aromatic carbocycles. The number of imide groups is 1. The van der Waals surface area contributed by atoms with Gasteiger partial charge >= 0.3 is 5.97 Å². The number of nitrogens with zero attached hydrogens (tertiary/aromatic N) is 1. The van der Waals surface area contributed by atoms with Gasteiger partial charge in [-0.15, -0.1) is 0 Å². The summed E-state index contributed by atoms with van der Waals surface area (Å²) in [5.41, 5.74) is 0.725. The highest BCUT2D eigenvalue weighted by Crippen LogP contribution is 2.31. The van der Waals surface area contributed by atoms with Gasteiger partial charge < -0.3 is 9.72 Å². The van der Waals surface area contributed by atoms with Crippen LogP contribution in [-0.2, 0) is 14.3 Å². The normalized spacial score (nSPS) is 18.4. The summed E-state index contributed by atoms with van der Waals surface area (Å²) in [6.07, 6.45) is 3.76. The quantitative estimate of drug-likeness (QED) is 0.667. The van der Waals surface area contributed by atoms with E-state index in [0.717, 1.165) is 22.4 Å². The van der Waals surface area contributed by atoms with Crippen LogP contribution in [0.2, 0.25) is 0 Å². The molecule has 2 amide bonds. The maximum Gasteiger partial charge on any atom is 0.326 e. The lowest BCUT2D eigenvalue weighted by molar-refractivity contribution is -0.150. The van der Waals surface area contributed by atoms with E-state index in [1.54, 1.807) is 31.3 Å². The first-order chi connectivity index (χ1) is 10.0. The van der Waals surface area contributed by atoms with Crippen LogP contribution in [0.15, 0.2) is 23.2 Å². The average molecular weight is 308 g/mol. The maximum atomic E-state index is 12.1. The van der Waals surface area contributed by atoms with E-state index in [0.29, 0.717) is 11.3 Å². The van der Waals surface area contributed by atoms with Gasteiger partial charge in [0, 0.05) is 11.9 Å². The highest BCUT2D eigenvalue weighted by molar-refractivity contribution is 8.18. The number of H-pyrrole nitrogens is 1. The van der Waals surface area contributed by atoms with Crippen molar-refractivity contribution in [2.45, 2.75) is 26.4 Å². The fourth-order valence-electron chi connectivity index (χ4n) is 1.69. The van der Waals surface area contributed by atoms with Crippen molar-refractivity contribution >= 4 is 35.0 Å². The van der Waals surface area contributed by atoms with E-state index in [1.807, 2.05) is 6.92 Å². The van der Waals surface area contributed by atoms with Gasteiger partial charge in [-0.3, -0.25) is 19.3 Å². The molecule has 1 aliphatic heterocycles. The van der Waals surface area contributed by atoms with Gasteiger partial charge in [0.2, 0.25) is 0 Å². The van der Waals surface area contributed by atoms with Crippen molar-refractivity contribution in [2.24, 2.45) is 0 Å². The minimum Gasteiger partial charge on any atom is -0.461 e. The molecule has 6 nitrogen and oxygen atoms in total. The SMILES string of the molecule is CC[C@@H](C)OC(=O)CN1C(=O)S/C(=C/c2ccc[nH]2)C1=O. The van der Waals surface area contributed by atoms with E-state index in [-0.39, 0.29) is 12.6 Å². The second-order valence-electron chi connectivity index (χ2n) is 4.60. The Morgan fingerprint density at radius 2 is 2.29 bits per heavy atom. The van der Waals surface area contributed by atoms with Crippen molar-refractivity contribution in [3.05, 3.63) is 28.9 Å². The minimum absolute atomic E-state index is 0.230. The van der Waals surface area contributed by atoms with Crippen molar-refractivity contribution in [1.82, 2.24) is 9.88 Å². The van der Waals surface area contributed by atoms with Crippen LogP contribution in [0.25, 0.3) is 6.08 Å². The van der Waals surface area contributed by atoms with Crippen LogP contribution in [0.1, 0.15) is 26.0 Å². The predicted octanol–water partition coefficient (Wildman–Crippen LogP) is 2.39. The van der Waals surface area contributed by atoms with Crippen LogP contribution in [0.5, 0.6) is 0 Å². The summed E-state index contributed by atoms with van der Waals surface area (Å²) in [4.78, 5) is 39.8. The second-order valence-corrected chi connectivity index (χ2v) is 5.60. The number of aromatic amines is 1. The van der Waals surface area contributed by atoms with Crippen LogP contribution < -0.4 is 0 Å². The molecule has 1 fully saturated rings. The number of rotatable bonds is 5. The zero-order valence-corrected chi connectivity index (χ0v) is 12.6. The largest absolute Gasteiger partial charge is 0.461 e. The van der Waals surface area contributed by atoms with E-state index in [1.165, 1.54) is 0 Å². The lowest BCUT2D eigenvalue weighted by Gasteiger charge is -2.14. The molecule has 0 spiro atoms. The Kier molecular flexibility index (Phi) is 4.85. The summed E-state index contributed by atoms with van der Waals surface area (Å²) in [6.45, 7) is 3.30. The van der Waals surface area contributed by atoms with E-state index in [9.17, 15) is 14.4 Å². The molecule has 1 N–H and O–H groups in total. The topological polar surface area (TPSA) is 79.5 Å². The molecule has 0 saturated carbocycles. The zero-order chi connectivity index (χ0) is 15.4.